The average molecular weight is 658 g/mol. The van der Waals surface area contributed by atoms with Gasteiger partial charge in [0.1, 0.15) is 0 Å². The topological polar surface area (TPSA) is 79.4 Å². The van der Waals surface area contributed by atoms with E-state index in [9.17, 15) is 14.4 Å². The van der Waals surface area contributed by atoms with Gasteiger partial charge in [-0.3, -0.25) is 4.79 Å². The van der Waals surface area contributed by atoms with Gasteiger partial charge in [0.2, 0.25) is 5.91 Å². The molecule has 0 atom stereocenters. The van der Waals surface area contributed by atoms with E-state index < -0.39 is 0 Å². The molecule has 1 saturated heterocycles. The fraction of sp³-hybridized carbons (Fsp3) is 0.750. The largest absolute Gasteiger partial charge is 0.462 e. The molecule has 0 aliphatic carbocycles. The summed E-state index contributed by atoms with van der Waals surface area (Å²) in [4.78, 5) is 38.1. The van der Waals surface area contributed by atoms with E-state index in [1.165, 1.54) is 64.2 Å². The first-order chi connectivity index (χ1) is 21.3. The third-order valence-electron chi connectivity index (χ3n) is 6.48. The zero-order valence-electron chi connectivity index (χ0n) is 30.1. The predicted molar refractivity (Wildman–Crippen MR) is 192 cm³/mol. The molecule has 0 saturated carbocycles. The van der Waals surface area contributed by atoms with Gasteiger partial charge < -0.3 is 24.2 Å². The van der Waals surface area contributed by atoms with Gasteiger partial charge in [-0.1, -0.05) is 84.4 Å². The molecular formula is C36H68ClN3O5. The van der Waals surface area contributed by atoms with E-state index in [2.05, 4.69) is 36.5 Å². The Morgan fingerprint density at radius 3 is 1.44 bits per heavy atom. The Hall–Kier alpha value is -2.16. The summed E-state index contributed by atoms with van der Waals surface area (Å²) in [5.41, 5.74) is 0.916. The Labute approximate surface area is 282 Å². The molecule has 0 aromatic heterocycles. The Morgan fingerprint density at radius 1 is 0.778 bits per heavy atom. The SMILES string of the molecule is C=C(C)C(=O)OCCCN(C)C.C=C(C)C(=O)OCCCN(C)C.C=CN1CCCC1=O.CCCCCCCCCCCCCl. The van der Waals surface area contributed by atoms with Gasteiger partial charge in [-0.05, 0) is 73.9 Å². The summed E-state index contributed by atoms with van der Waals surface area (Å²) in [5.74, 6) is 0.457. The first kappa shape index (κ1) is 47.2. The summed E-state index contributed by atoms with van der Waals surface area (Å²) in [6, 6.07) is 0. The molecule has 1 fully saturated rings. The number of unbranched alkanes of at least 4 members (excludes halogenated alkanes) is 9. The van der Waals surface area contributed by atoms with Crippen molar-refractivity contribution in [3.63, 3.8) is 0 Å². The monoisotopic (exact) mass is 657 g/mol. The predicted octanol–water partition coefficient (Wildman–Crippen LogP) is 8.01. The Balaban J connectivity index is -0.000000528. The van der Waals surface area contributed by atoms with Crippen LogP contribution in [0.5, 0.6) is 0 Å². The number of halogens is 1. The van der Waals surface area contributed by atoms with Crippen molar-refractivity contribution in [2.45, 2.75) is 111 Å². The van der Waals surface area contributed by atoms with Crippen molar-refractivity contribution in [2.75, 3.05) is 66.9 Å². The number of amides is 1. The van der Waals surface area contributed by atoms with Crippen LogP contribution in [-0.2, 0) is 23.9 Å². The van der Waals surface area contributed by atoms with E-state index in [-0.39, 0.29) is 17.8 Å². The van der Waals surface area contributed by atoms with E-state index in [0.717, 1.165) is 44.8 Å². The van der Waals surface area contributed by atoms with Crippen LogP contribution in [0.1, 0.15) is 111 Å². The summed E-state index contributed by atoms with van der Waals surface area (Å²) in [7, 11) is 7.95. The van der Waals surface area contributed by atoms with E-state index in [4.69, 9.17) is 21.1 Å². The lowest BCUT2D eigenvalue weighted by Crippen LogP contribution is -2.16. The molecule has 1 aliphatic heterocycles. The zero-order chi connectivity index (χ0) is 34.9. The van der Waals surface area contributed by atoms with Crippen LogP contribution in [0, 0.1) is 0 Å². The van der Waals surface area contributed by atoms with E-state index in [1.807, 2.05) is 28.2 Å². The van der Waals surface area contributed by atoms with Gasteiger partial charge in [0.15, 0.2) is 0 Å². The van der Waals surface area contributed by atoms with E-state index >= 15 is 0 Å². The summed E-state index contributed by atoms with van der Waals surface area (Å²) in [6.45, 7) is 19.7. The minimum atomic E-state index is -0.297. The molecule has 8 nitrogen and oxygen atoms in total. The molecule has 1 aliphatic rings. The van der Waals surface area contributed by atoms with Gasteiger partial charge >= 0.3 is 11.9 Å². The van der Waals surface area contributed by atoms with Crippen LogP contribution in [0.15, 0.2) is 37.1 Å². The number of rotatable bonds is 21. The van der Waals surface area contributed by atoms with Crippen LogP contribution >= 0.6 is 11.6 Å². The van der Waals surface area contributed by atoms with Gasteiger partial charge in [0.25, 0.3) is 0 Å². The second-order valence-corrected chi connectivity index (χ2v) is 12.3. The van der Waals surface area contributed by atoms with Crippen molar-refractivity contribution >= 4 is 29.4 Å². The van der Waals surface area contributed by atoms with Crippen molar-refractivity contribution in [2.24, 2.45) is 0 Å². The van der Waals surface area contributed by atoms with Gasteiger partial charge in [-0.25, -0.2) is 9.59 Å². The zero-order valence-corrected chi connectivity index (χ0v) is 30.9. The first-order valence-corrected chi connectivity index (χ1v) is 17.3. The Bertz CT molecular complexity index is 739. The van der Waals surface area contributed by atoms with Gasteiger partial charge in [-0.2, -0.15) is 0 Å². The minimum absolute atomic E-state index is 0.208. The standard InChI is InChI=1S/C12H25Cl.2C9H17NO2.C6H9NO/c1-2-3-4-5-6-7-8-9-10-11-12-13;2*1-8(2)9(11)12-7-5-6-10(3)4;1-2-7-5-3-4-6(7)8/h2-12H2,1H3;2*1,5-7H2,2-4H3;2H,1,3-5H2. The highest BCUT2D eigenvalue weighted by Gasteiger charge is 2.16. The van der Waals surface area contributed by atoms with Crippen LogP contribution in [0.25, 0.3) is 0 Å². The van der Waals surface area contributed by atoms with Gasteiger partial charge in [0.05, 0.1) is 13.2 Å². The molecule has 0 spiro atoms. The number of carbonyl (C=O) groups excluding carboxylic acids is 3. The van der Waals surface area contributed by atoms with Crippen molar-refractivity contribution in [1.29, 1.82) is 0 Å². The van der Waals surface area contributed by atoms with E-state index in [1.54, 1.807) is 24.9 Å². The lowest BCUT2D eigenvalue weighted by Gasteiger charge is -2.09. The molecule has 0 radical (unpaired) electrons. The maximum Gasteiger partial charge on any atom is 0.333 e. The van der Waals surface area contributed by atoms with Crippen molar-refractivity contribution in [1.82, 2.24) is 14.7 Å². The highest BCUT2D eigenvalue weighted by Crippen LogP contribution is 2.10. The van der Waals surface area contributed by atoms with Crippen LogP contribution < -0.4 is 0 Å². The molecule has 9 heteroatoms. The first-order valence-electron chi connectivity index (χ1n) is 16.8. The molecule has 0 aromatic rings. The fourth-order valence-electron chi connectivity index (χ4n) is 3.78. The van der Waals surface area contributed by atoms with Crippen LogP contribution in [0.4, 0.5) is 0 Å². The van der Waals surface area contributed by atoms with Crippen LogP contribution in [0.3, 0.4) is 0 Å². The molecular weight excluding hydrogens is 590 g/mol. The molecule has 1 rings (SSSR count). The third-order valence-corrected chi connectivity index (χ3v) is 6.75. The average Bonchev–Trinajstić information content (AvgIpc) is 3.41. The van der Waals surface area contributed by atoms with E-state index in [0.29, 0.717) is 30.8 Å². The maximum absolute atomic E-state index is 10.9. The molecule has 45 heavy (non-hydrogen) atoms. The summed E-state index contributed by atoms with van der Waals surface area (Å²) in [5, 5.41) is 0. The summed E-state index contributed by atoms with van der Waals surface area (Å²) < 4.78 is 9.78. The second-order valence-electron chi connectivity index (χ2n) is 11.9. The number of likely N-dealkylation sites (tertiary alicyclic amines) is 1. The number of esters is 2. The number of alkyl halides is 1. The quantitative estimate of drug-likeness (QED) is 0.0535. The molecule has 0 unspecified atom stereocenters. The fourth-order valence-corrected chi connectivity index (χ4v) is 3.97. The normalized spacial score (nSPS) is 11.9. The van der Waals surface area contributed by atoms with Crippen molar-refractivity contribution in [3.05, 3.63) is 37.1 Å². The highest BCUT2D eigenvalue weighted by atomic mass is 35.5. The summed E-state index contributed by atoms with van der Waals surface area (Å²) in [6.07, 6.45) is 18.9. The maximum atomic E-state index is 10.9. The molecule has 0 N–H and O–H groups in total. The molecule has 264 valence electrons. The highest BCUT2D eigenvalue weighted by molar-refractivity contribution is 6.17. The molecule has 0 bridgehead atoms. The third kappa shape index (κ3) is 37.9. The number of nitrogens with zero attached hydrogens (tertiary/aromatic N) is 3. The van der Waals surface area contributed by atoms with Crippen molar-refractivity contribution < 1.29 is 23.9 Å². The number of ether oxygens (including phenoxy) is 2. The smallest absolute Gasteiger partial charge is 0.333 e. The number of hydrogen-bond acceptors (Lipinski definition) is 7. The van der Waals surface area contributed by atoms with Crippen LogP contribution in [-0.4, -0.2) is 99.5 Å². The van der Waals surface area contributed by atoms with Gasteiger partial charge in [0, 0.05) is 43.1 Å². The van der Waals surface area contributed by atoms with Gasteiger partial charge in [-0.15, -0.1) is 11.6 Å². The summed E-state index contributed by atoms with van der Waals surface area (Å²) >= 11 is 5.60. The molecule has 1 heterocycles. The van der Waals surface area contributed by atoms with Crippen molar-refractivity contribution in [3.8, 4) is 0 Å². The lowest BCUT2D eigenvalue weighted by atomic mass is 10.1. The minimum Gasteiger partial charge on any atom is -0.462 e. The Morgan fingerprint density at radius 2 is 1.18 bits per heavy atom. The Kier molecular flexibility index (Phi) is 36.4. The number of carbonyl (C=O) groups is 3. The molecule has 1 amide bonds. The second kappa shape index (κ2) is 34.7. The molecule has 0 aromatic carbocycles. The van der Waals surface area contributed by atoms with Crippen LogP contribution in [0.2, 0.25) is 0 Å². The lowest BCUT2D eigenvalue weighted by molar-refractivity contribution is -0.139. The number of hydrogen-bond donors (Lipinski definition) is 0.